The maximum absolute atomic E-state index is 12.3. The average molecular weight is 332 g/mol. The summed E-state index contributed by atoms with van der Waals surface area (Å²) in [5.74, 6) is 0.402. The Morgan fingerprint density at radius 2 is 2.10 bits per heavy atom. The predicted molar refractivity (Wildman–Crippen MR) is 88.1 cm³/mol. The molecule has 2 N–H and O–H groups in total. The monoisotopic (exact) mass is 331 g/mol. The molecule has 2 rings (SSSR count). The van der Waals surface area contributed by atoms with Crippen LogP contribution in [-0.2, 0) is 10.0 Å². The summed E-state index contributed by atoms with van der Waals surface area (Å²) >= 11 is 1.60. The molecule has 1 aromatic rings. The summed E-state index contributed by atoms with van der Waals surface area (Å²) < 4.78 is 27.5. The van der Waals surface area contributed by atoms with Crippen LogP contribution in [0.3, 0.4) is 0 Å². The Bertz CT molecular complexity index is 508. The van der Waals surface area contributed by atoms with Gasteiger partial charge in [-0.05, 0) is 17.4 Å². The highest BCUT2D eigenvalue weighted by Gasteiger charge is 2.24. The smallest absolute Gasteiger partial charge is 0.213 e. The molecule has 7 heteroatoms. The quantitative estimate of drug-likeness (QED) is 0.790. The lowest BCUT2D eigenvalue weighted by Crippen LogP contribution is -2.46. The molecule has 1 saturated heterocycles. The van der Waals surface area contributed by atoms with Crippen LogP contribution < -0.4 is 10.0 Å². The van der Waals surface area contributed by atoms with E-state index in [1.54, 1.807) is 11.3 Å². The first-order chi connectivity index (χ1) is 9.98. The van der Waals surface area contributed by atoms with Crippen molar-refractivity contribution in [3.05, 3.63) is 22.4 Å². The summed E-state index contributed by atoms with van der Waals surface area (Å²) in [7, 11) is -3.26. The number of piperazine rings is 1. The zero-order valence-corrected chi connectivity index (χ0v) is 14.3. The van der Waals surface area contributed by atoms with E-state index in [0.29, 0.717) is 6.54 Å². The van der Waals surface area contributed by atoms with Gasteiger partial charge >= 0.3 is 0 Å². The summed E-state index contributed by atoms with van der Waals surface area (Å²) in [4.78, 5) is 3.28. The SMILES string of the molecule is CC(C)C(NS(=O)(=O)CCN1CCNCC1)c1cccs1. The number of nitrogens with one attached hydrogen (secondary N) is 2. The summed E-state index contributed by atoms with van der Waals surface area (Å²) in [5, 5.41) is 5.26. The van der Waals surface area contributed by atoms with Crippen molar-refractivity contribution in [2.75, 3.05) is 38.5 Å². The average Bonchev–Trinajstić information content (AvgIpc) is 2.98. The molecule has 0 spiro atoms. The number of thiophene rings is 1. The molecule has 21 heavy (non-hydrogen) atoms. The van der Waals surface area contributed by atoms with Crippen molar-refractivity contribution >= 4 is 21.4 Å². The molecule has 2 heterocycles. The fraction of sp³-hybridized carbons (Fsp3) is 0.714. The van der Waals surface area contributed by atoms with Gasteiger partial charge in [0.25, 0.3) is 0 Å². The van der Waals surface area contributed by atoms with E-state index in [1.807, 2.05) is 31.4 Å². The highest BCUT2D eigenvalue weighted by Crippen LogP contribution is 2.26. The van der Waals surface area contributed by atoms with Crippen molar-refractivity contribution in [2.45, 2.75) is 19.9 Å². The van der Waals surface area contributed by atoms with Crippen LogP contribution in [0.25, 0.3) is 0 Å². The largest absolute Gasteiger partial charge is 0.314 e. The van der Waals surface area contributed by atoms with E-state index in [-0.39, 0.29) is 17.7 Å². The fourth-order valence-electron chi connectivity index (χ4n) is 2.43. The maximum atomic E-state index is 12.3. The van der Waals surface area contributed by atoms with E-state index in [4.69, 9.17) is 0 Å². The van der Waals surface area contributed by atoms with Crippen molar-refractivity contribution < 1.29 is 8.42 Å². The van der Waals surface area contributed by atoms with Crippen LogP contribution in [0.15, 0.2) is 17.5 Å². The van der Waals surface area contributed by atoms with Gasteiger partial charge in [-0.2, -0.15) is 0 Å². The molecule has 0 amide bonds. The van der Waals surface area contributed by atoms with Gasteiger partial charge in [0.15, 0.2) is 0 Å². The Labute approximate surface area is 131 Å². The maximum Gasteiger partial charge on any atom is 0.213 e. The number of sulfonamides is 1. The molecule has 120 valence electrons. The Kier molecular flexibility index (Phi) is 6.19. The van der Waals surface area contributed by atoms with Gasteiger partial charge < -0.3 is 5.32 Å². The normalized spacial score (nSPS) is 19.0. The zero-order chi connectivity index (χ0) is 15.3. The first-order valence-electron chi connectivity index (χ1n) is 7.44. The molecule has 1 aliphatic heterocycles. The molecule has 0 radical (unpaired) electrons. The van der Waals surface area contributed by atoms with E-state index in [9.17, 15) is 8.42 Å². The van der Waals surface area contributed by atoms with Crippen LogP contribution in [-0.4, -0.2) is 51.8 Å². The molecule has 1 aliphatic rings. The Morgan fingerprint density at radius 3 is 2.67 bits per heavy atom. The number of nitrogens with zero attached hydrogens (tertiary/aromatic N) is 1. The Balaban J connectivity index is 1.92. The predicted octanol–water partition coefficient (Wildman–Crippen LogP) is 1.27. The first-order valence-corrected chi connectivity index (χ1v) is 9.97. The van der Waals surface area contributed by atoms with Crippen molar-refractivity contribution in [1.29, 1.82) is 0 Å². The molecule has 1 aromatic heterocycles. The minimum atomic E-state index is -3.26. The van der Waals surface area contributed by atoms with E-state index in [1.165, 1.54) is 0 Å². The zero-order valence-electron chi connectivity index (χ0n) is 12.7. The van der Waals surface area contributed by atoms with Crippen LogP contribution >= 0.6 is 11.3 Å². The molecule has 1 fully saturated rings. The molecule has 0 saturated carbocycles. The van der Waals surface area contributed by atoms with Gasteiger partial charge in [0.05, 0.1) is 11.8 Å². The molecular formula is C14H25N3O2S2. The van der Waals surface area contributed by atoms with Crippen LogP contribution in [0.5, 0.6) is 0 Å². The molecular weight excluding hydrogens is 306 g/mol. The molecule has 1 atom stereocenters. The van der Waals surface area contributed by atoms with E-state index in [2.05, 4.69) is 14.9 Å². The van der Waals surface area contributed by atoms with Crippen molar-refractivity contribution in [1.82, 2.24) is 14.9 Å². The van der Waals surface area contributed by atoms with Crippen LogP contribution in [0.2, 0.25) is 0 Å². The minimum Gasteiger partial charge on any atom is -0.314 e. The van der Waals surface area contributed by atoms with Gasteiger partial charge in [-0.3, -0.25) is 4.90 Å². The standard InChI is InChI=1S/C14H25N3O2S2/c1-12(2)14(13-4-3-10-20-13)16-21(18,19)11-9-17-7-5-15-6-8-17/h3-4,10,12,14-16H,5-9,11H2,1-2H3. The Morgan fingerprint density at radius 1 is 1.38 bits per heavy atom. The molecule has 0 bridgehead atoms. The summed E-state index contributed by atoms with van der Waals surface area (Å²) in [6.45, 7) is 8.43. The molecule has 0 aliphatic carbocycles. The van der Waals surface area contributed by atoms with Crippen molar-refractivity contribution in [2.24, 2.45) is 5.92 Å². The van der Waals surface area contributed by atoms with Crippen molar-refractivity contribution in [3.63, 3.8) is 0 Å². The van der Waals surface area contributed by atoms with Crippen LogP contribution in [0.1, 0.15) is 24.8 Å². The molecule has 5 nitrogen and oxygen atoms in total. The fourth-order valence-corrected chi connectivity index (χ4v) is 4.85. The molecule has 1 unspecified atom stereocenters. The van der Waals surface area contributed by atoms with Crippen molar-refractivity contribution in [3.8, 4) is 0 Å². The summed E-state index contributed by atoms with van der Waals surface area (Å²) in [5.41, 5.74) is 0. The minimum absolute atomic E-state index is 0.127. The summed E-state index contributed by atoms with van der Waals surface area (Å²) in [6.07, 6.45) is 0. The number of rotatable bonds is 7. The number of hydrogen-bond donors (Lipinski definition) is 2. The third kappa shape index (κ3) is 5.34. The Hall–Kier alpha value is -0.470. The molecule has 0 aromatic carbocycles. The van der Waals surface area contributed by atoms with Crippen LogP contribution in [0, 0.1) is 5.92 Å². The van der Waals surface area contributed by atoms with Crippen LogP contribution in [0.4, 0.5) is 0 Å². The highest BCUT2D eigenvalue weighted by molar-refractivity contribution is 7.89. The lowest BCUT2D eigenvalue weighted by Gasteiger charge is -2.27. The van der Waals surface area contributed by atoms with Gasteiger partial charge in [-0.25, -0.2) is 13.1 Å². The topological polar surface area (TPSA) is 61.4 Å². The second-order valence-electron chi connectivity index (χ2n) is 5.77. The van der Waals surface area contributed by atoms with Gasteiger partial charge in [0.2, 0.25) is 10.0 Å². The first kappa shape index (κ1) is 16.9. The second kappa shape index (κ2) is 7.69. The lowest BCUT2D eigenvalue weighted by molar-refractivity contribution is 0.253. The van der Waals surface area contributed by atoms with E-state index >= 15 is 0 Å². The number of hydrogen-bond acceptors (Lipinski definition) is 5. The van der Waals surface area contributed by atoms with Gasteiger partial charge in [-0.15, -0.1) is 11.3 Å². The van der Waals surface area contributed by atoms with Gasteiger partial charge in [0.1, 0.15) is 0 Å². The highest BCUT2D eigenvalue weighted by atomic mass is 32.2. The van der Waals surface area contributed by atoms with Gasteiger partial charge in [-0.1, -0.05) is 19.9 Å². The summed E-state index contributed by atoms with van der Waals surface area (Å²) in [6, 6.07) is 3.83. The van der Waals surface area contributed by atoms with Gasteiger partial charge in [0, 0.05) is 37.6 Å². The van der Waals surface area contributed by atoms with E-state index in [0.717, 1.165) is 31.1 Å². The third-order valence-corrected chi connectivity index (χ3v) is 6.00. The lowest BCUT2D eigenvalue weighted by atomic mass is 10.0. The third-order valence-electron chi connectivity index (χ3n) is 3.71. The van der Waals surface area contributed by atoms with E-state index < -0.39 is 10.0 Å². The second-order valence-corrected chi connectivity index (χ2v) is 8.62.